The molecule has 164 valence electrons. The number of benzene rings is 2. The number of rotatable bonds is 6. The Balaban J connectivity index is 1.66. The Bertz CT molecular complexity index is 871. The molecule has 3 rings (SSSR count). The molecule has 0 radical (unpaired) electrons. The van der Waals surface area contributed by atoms with Crippen molar-refractivity contribution in [2.75, 3.05) is 18.4 Å². The van der Waals surface area contributed by atoms with Crippen molar-refractivity contribution in [1.29, 1.82) is 0 Å². The van der Waals surface area contributed by atoms with Crippen LogP contribution in [-0.4, -0.2) is 36.0 Å². The highest BCUT2D eigenvalue weighted by atomic mass is 35.5. The summed E-state index contributed by atoms with van der Waals surface area (Å²) in [4.78, 5) is 0. The Morgan fingerprint density at radius 2 is 1.70 bits per heavy atom. The third-order valence-electron chi connectivity index (χ3n) is 5.13. The topological polar surface area (TPSA) is 36.9 Å². The smallest absolute Gasteiger partial charge is 0.463 e. The lowest BCUT2D eigenvalue weighted by Crippen LogP contribution is -2.47. The Morgan fingerprint density at radius 1 is 1.03 bits per heavy atom. The van der Waals surface area contributed by atoms with Crippen molar-refractivity contribution in [3.8, 4) is 5.75 Å². The minimum Gasteiger partial charge on any atom is -0.576 e. The Morgan fingerprint density at radius 3 is 2.37 bits per heavy atom. The summed E-state index contributed by atoms with van der Waals surface area (Å²) in [6.07, 6.45) is -6.09. The number of halogens is 6. The fourth-order valence-electron chi connectivity index (χ4n) is 3.37. The molecule has 0 saturated carbocycles. The number of ether oxygens (including phenoxy) is 1. The first-order valence-corrected chi connectivity index (χ1v) is 9.96. The summed E-state index contributed by atoms with van der Waals surface area (Å²) >= 11 is 6.38. The summed E-state index contributed by atoms with van der Waals surface area (Å²) in [5.74, 6) is -4.82. The van der Waals surface area contributed by atoms with Gasteiger partial charge < -0.3 is 15.4 Å². The van der Waals surface area contributed by atoms with Gasteiger partial charge in [-0.25, -0.2) is 0 Å². The maximum absolute atomic E-state index is 13.4. The second-order valence-corrected chi connectivity index (χ2v) is 7.66. The Hall–Kier alpha value is -2.06. The molecule has 1 unspecified atom stereocenters. The maximum Gasteiger partial charge on any atom is 0.463 e. The number of aliphatic hydroxyl groups is 1. The van der Waals surface area contributed by atoms with Crippen LogP contribution in [0.1, 0.15) is 23.6 Å². The van der Waals surface area contributed by atoms with Crippen LogP contribution in [0.2, 0.25) is 5.02 Å². The van der Waals surface area contributed by atoms with Gasteiger partial charge in [0.05, 0.1) is 10.7 Å². The summed E-state index contributed by atoms with van der Waals surface area (Å²) in [6.45, 7) is 2.95. The molecular weight excluding hydrogens is 427 g/mol. The van der Waals surface area contributed by atoms with Gasteiger partial charge in [-0.2, -0.15) is 22.0 Å². The van der Waals surface area contributed by atoms with E-state index < -0.39 is 18.2 Å². The number of fused-ring (bicyclic) bond motifs is 1. The van der Waals surface area contributed by atoms with Gasteiger partial charge in [0, 0.05) is 25.6 Å². The predicted molar refractivity (Wildman–Crippen MR) is 108 cm³/mol. The quantitative estimate of drug-likeness (QED) is 0.453. The molecule has 2 aromatic carbocycles. The highest BCUT2D eigenvalue weighted by molar-refractivity contribution is 6.33. The molecule has 0 fully saturated rings. The highest BCUT2D eigenvalue weighted by Gasteiger charge is 2.65. The third kappa shape index (κ3) is 4.98. The lowest BCUT2D eigenvalue weighted by atomic mass is 10.0. The van der Waals surface area contributed by atoms with E-state index in [1.54, 1.807) is 12.1 Å². The first-order valence-electron chi connectivity index (χ1n) is 9.59. The van der Waals surface area contributed by atoms with Crippen LogP contribution < -0.4 is 10.6 Å². The van der Waals surface area contributed by atoms with E-state index in [1.165, 1.54) is 23.3 Å². The summed E-state index contributed by atoms with van der Waals surface area (Å²) < 4.78 is 67.6. The second-order valence-electron chi connectivity index (χ2n) is 7.26. The van der Waals surface area contributed by atoms with Crippen molar-refractivity contribution in [2.45, 2.75) is 44.5 Å². The third-order valence-corrected chi connectivity index (χ3v) is 5.45. The standard InChI is InChI=1S/C21H22ClF5N2O/c1-13(20(23,24)21(25,26)27)30-16-5-2-14(3-6-16)12-29-19-17-9-11-28-10-8-15(17)4-7-18(19)22/h2-7,13,28-29H,8-12H2,1H3/p+1. The monoisotopic (exact) mass is 449 g/mol. The van der Waals surface area contributed by atoms with Crippen molar-refractivity contribution in [2.24, 2.45) is 0 Å². The van der Waals surface area contributed by atoms with E-state index in [1.807, 2.05) is 12.1 Å². The van der Waals surface area contributed by atoms with Crippen LogP contribution in [-0.2, 0) is 19.4 Å². The summed E-state index contributed by atoms with van der Waals surface area (Å²) in [6, 6.07) is 10.0. The largest absolute Gasteiger partial charge is 0.576 e. The lowest BCUT2D eigenvalue weighted by Gasteiger charge is -2.24. The van der Waals surface area contributed by atoms with Crippen LogP contribution in [0.4, 0.5) is 27.6 Å². The zero-order chi connectivity index (χ0) is 21.9. The molecule has 0 spiro atoms. The Labute approximate surface area is 176 Å². The first kappa shape index (κ1) is 22.6. The molecule has 3 N–H and O–H groups in total. The van der Waals surface area contributed by atoms with E-state index in [0.717, 1.165) is 44.1 Å². The second kappa shape index (κ2) is 8.98. The number of aromatic hydroxyl groups is 1. The number of alkyl halides is 5. The fraction of sp³-hybridized carbons (Fsp3) is 0.429. The SMILES string of the molecule is CC([OH+]c1ccc(CNc2c(Cl)ccc3c2CCNCC3)cc1)C(F)(F)C(F)(F)F. The molecule has 0 saturated heterocycles. The number of hydrogen-bond acceptors (Lipinski definition) is 2. The van der Waals surface area contributed by atoms with Crippen molar-refractivity contribution in [1.82, 2.24) is 5.32 Å². The molecule has 0 amide bonds. The molecule has 1 aliphatic rings. The highest BCUT2D eigenvalue weighted by Crippen LogP contribution is 2.40. The van der Waals surface area contributed by atoms with E-state index >= 15 is 0 Å². The van der Waals surface area contributed by atoms with Crippen molar-refractivity contribution >= 4 is 17.3 Å². The van der Waals surface area contributed by atoms with Crippen LogP contribution in [0.25, 0.3) is 0 Å². The van der Waals surface area contributed by atoms with E-state index in [4.69, 9.17) is 11.6 Å². The van der Waals surface area contributed by atoms with Gasteiger partial charge in [-0.05, 0) is 60.8 Å². The summed E-state index contributed by atoms with van der Waals surface area (Å²) in [5, 5.41) is 7.30. The molecule has 0 bridgehead atoms. The molecular formula is C21H23ClF5N2O+. The van der Waals surface area contributed by atoms with Gasteiger partial charge in [0.15, 0.2) is 0 Å². The molecule has 3 nitrogen and oxygen atoms in total. The molecule has 1 atom stereocenters. The van der Waals surface area contributed by atoms with Crippen molar-refractivity contribution in [3.63, 3.8) is 0 Å². The zero-order valence-corrected chi connectivity index (χ0v) is 17.0. The van der Waals surface area contributed by atoms with Gasteiger partial charge in [-0.1, -0.05) is 17.7 Å². The van der Waals surface area contributed by atoms with Gasteiger partial charge >= 0.3 is 12.1 Å². The molecule has 0 aromatic heterocycles. The predicted octanol–water partition coefficient (Wildman–Crippen LogP) is 5.47. The van der Waals surface area contributed by atoms with Crippen LogP contribution >= 0.6 is 11.6 Å². The first-order chi connectivity index (χ1) is 14.1. The molecule has 1 aliphatic heterocycles. The van der Waals surface area contributed by atoms with Gasteiger partial charge in [-0.3, -0.25) is 0 Å². The van der Waals surface area contributed by atoms with Gasteiger partial charge in [0.1, 0.15) is 0 Å². The lowest BCUT2D eigenvalue weighted by molar-refractivity contribution is -0.326. The number of hydrogen-bond donors (Lipinski definition) is 2. The summed E-state index contributed by atoms with van der Waals surface area (Å²) in [7, 11) is 0. The van der Waals surface area contributed by atoms with E-state index in [2.05, 4.69) is 15.4 Å². The van der Waals surface area contributed by atoms with Crippen LogP contribution in [0.3, 0.4) is 0 Å². The summed E-state index contributed by atoms with van der Waals surface area (Å²) in [5.41, 5.74) is 4.10. The van der Waals surface area contributed by atoms with E-state index in [-0.39, 0.29) is 5.75 Å². The van der Waals surface area contributed by atoms with Crippen molar-refractivity contribution < 1.29 is 26.7 Å². The van der Waals surface area contributed by atoms with Crippen LogP contribution in [0, 0.1) is 0 Å². The minimum atomic E-state index is -5.64. The molecule has 0 aliphatic carbocycles. The fourth-order valence-corrected chi connectivity index (χ4v) is 3.61. The molecule has 30 heavy (non-hydrogen) atoms. The average Bonchev–Trinajstić information content (AvgIpc) is 2.93. The number of anilines is 1. The maximum atomic E-state index is 13.4. The van der Waals surface area contributed by atoms with Crippen molar-refractivity contribution in [3.05, 3.63) is 58.1 Å². The van der Waals surface area contributed by atoms with Gasteiger partial charge in [0.2, 0.25) is 0 Å². The zero-order valence-electron chi connectivity index (χ0n) is 16.3. The number of nitrogens with one attached hydrogen (secondary N) is 2. The molecule has 2 aromatic rings. The van der Waals surface area contributed by atoms with Crippen LogP contribution in [0.15, 0.2) is 36.4 Å². The van der Waals surface area contributed by atoms with E-state index in [0.29, 0.717) is 11.6 Å². The molecule has 1 heterocycles. The van der Waals surface area contributed by atoms with Gasteiger partial charge in [0.25, 0.3) is 11.9 Å². The van der Waals surface area contributed by atoms with Gasteiger partial charge in [-0.15, -0.1) is 0 Å². The minimum absolute atomic E-state index is 0.0628. The normalized spacial score (nSPS) is 15.8. The van der Waals surface area contributed by atoms with Crippen LogP contribution in [0.5, 0.6) is 5.75 Å². The molecule has 9 heteroatoms. The van der Waals surface area contributed by atoms with E-state index in [9.17, 15) is 22.0 Å². The Kier molecular flexibility index (Phi) is 6.77. The average molecular weight is 450 g/mol.